The Hall–Kier alpha value is -2.10. The highest BCUT2D eigenvalue weighted by Crippen LogP contribution is 2.26. The number of hydrogen-bond acceptors (Lipinski definition) is 4. The van der Waals surface area contributed by atoms with Crippen molar-refractivity contribution in [3.63, 3.8) is 0 Å². The van der Waals surface area contributed by atoms with E-state index in [1.807, 2.05) is 6.92 Å². The van der Waals surface area contributed by atoms with Gasteiger partial charge in [0, 0.05) is 19.2 Å². The number of rotatable bonds is 2. The molecule has 0 fully saturated rings. The van der Waals surface area contributed by atoms with E-state index in [1.165, 1.54) is 11.3 Å². The summed E-state index contributed by atoms with van der Waals surface area (Å²) < 4.78 is 5.46. The molecule has 1 aromatic carbocycles. The van der Waals surface area contributed by atoms with Gasteiger partial charge >= 0.3 is 0 Å². The lowest BCUT2D eigenvalue weighted by atomic mass is 10.1. The van der Waals surface area contributed by atoms with Crippen LogP contribution in [0, 0.1) is 6.92 Å². The molecule has 1 aliphatic heterocycles. The standard InChI is InChI=1S/C14H15N3O/c1-11-15-16-14(18-11)10-17-9-5-4-7-12-6-2-3-8-13(12)17/h2-4,6-8H,5,9-10H2,1H3. The summed E-state index contributed by atoms with van der Waals surface area (Å²) in [4.78, 5) is 2.28. The predicted molar refractivity (Wildman–Crippen MR) is 70.2 cm³/mol. The van der Waals surface area contributed by atoms with Crippen molar-refractivity contribution >= 4 is 11.8 Å². The zero-order chi connectivity index (χ0) is 12.4. The largest absolute Gasteiger partial charge is 0.424 e. The second-order valence-corrected chi connectivity index (χ2v) is 4.39. The molecule has 4 nitrogen and oxygen atoms in total. The molecule has 0 unspecified atom stereocenters. The Morgan fingerprint density at radius 2 is 2.17 bits per heavy atom. The number of anilines is 1. The molecule has 4 heteroatoms. The van der Waals surface area contributed by atoms with Crippen LogP contribution in [0.25, 0.3) is 6.08 Å². The van der Waals surface area contributed by atoms with E-state index in [4.69, 9.17) is 4.42 Å². The fourth-order valence-corrected chi connectivity index (χ4v) is 2.21. The summed E-state index contributed by atoms with van der Waals surface area (Å²) in [5.41, 5.74) is 2.47. The Morgan fingerprint density at radius 3 is 3.00 bits per heavy atom. The zero-order valence-electron chi connectivity index (χ0n) is 10.3. The Balaban J connectivity index is 1.89. The molecule has 18 heavy (non-hydrogen) atoms. The van der Waals surface area contributed by atoms with Gasteiger partial charge in [-0.15, -0.1) is 10.2 Å². The minimum Gasteiger partial charge on any atom is -0.424 e. The van der Waals surface area contributed by atoms with Crippen LogP contribution < -0.4 is 4.90 Å². The maximum atomic E-state index is 5.46. The lowest BCUT2D eigenvalue weighted by Crippen LogP contribution is -2.23. The molecule has 3 rings (SSSR count). The molecule has 0 atom stereocenters. The number of aromatic nitrogens is 2. The van der Waals surface area contributed by atoms with Gasteiger partial charge in [-0.2, -0.15) is 0 Å². The minimum absolute atomic E-state index is 0.617. The van der Waals surface area contributed by atoms with E-state index in [0.29, 0.717) is 18.3 Å². The highest BCUT2D eigenvalue weighted by molar-refractivity contribution is 5.68. The summed E-state index contributed by atoms with van der Waals surface area (Å²) in [6.07, 6.45) is 5.41. The van der Waals surface area contributed by atoms with Crippen molar-refractivity contribution in [1.29, 1.82) is 0 Å². The first-order chi connectivity index (χ1) is 8.83. The van der Waals surface area contributed by atoms with Crippen LogP contribution in [0.3, 0.4) is 0 Å². The molecule has 0 saturated carbocycles. The molecule has 0 spiro atoms. The number of nitrogens with zero attached hydrogens (tertiary/aromatic N) is 3. The second kappa shape index (κ2) is 4.64. The Bertz CT molecular complexity index is 574. The van der Waals surface area contributed by atoms with Gasteiger partial charge in [-0.25, -0.2) is 0 Å². The van der Waals surface area contributed by atoms with E-state index in [9.17, 15) is 0 Å². The van der Waals surface area contributed by atoms with Gasteiger partial charge in [0.25, 0.3) is 0 Å². The maximum absolute atomic E-state index is 5.46. The summed E-state index contributed by atoms with van der Waals surface area (Å²) in [7, 11) is 0. The van der Waals surface area contributed by atoms with Crippen LogP contribution in [-0.2, 0) is 6.54 Å². The monoisotopic (exact) mass is 241 g/mol. The third-order valence-electron chi connectivity index (χ3n) is 3.03. The summed E-state index contributed by atoms with van der Waals surface area (Å²) in [5.74, 6) is 1.29. The molecule has 92 valence electrons. The number of aryl methyl sites for hydroxylation is 1. The molecule has 0 bridgehead atoms. The van der Waals surface area contributed by atoms with E-state index in [2.05, 4.69) is 51.5 Å². The normalized spacial score (nSPS) is 14.4. The highest BCUT2D eigenvalue weighted by Gasteiger charge is 2.14. The van der Waals surface area contributed by atoms with Crippen molar-refractivity contribution in [2.45, 2.75) is 19.9 Å². The van der Waals surface area contributed by atoms with Gasteiger partial charge in [-0.05, 0) is 18.1 Å². The van der Waals surface area contributed by atoms with Crippen LogP contribution in [0.5, 0.6) is 0 Å². The van der Waals surface area contributed by atoms with Gasteiger partial charge in [-0.3, -0.25) is 0 Å². The number of hydrogen-bond donors (Lipinski definition) is 0. The van der Waals surface area contributed by atoms with Crippen molar-refractivity contribution in [2.75, 3.05) is 11.4 Å². The average Bonchev–Trinajstić information content (AvgIpc) is 2.68. The number of para-hydroxylation sites is 1. The third kappa shape index (κ3) is 2.14. The molecular formula is C14H15N3O. The van der Waals surface area contributed by atoms with Crippen LogP contribution in [0.1, 0.15) is 23.8 Å². The quantitative estimate of drug-likeness (QED) is 0.810. The predicted octanol–water partition coefficient (Wildman–Crippen LogP) is 2.80. The van der Waals surface area contributed by atoms with Crippen LogP contribution in [-0.4, -0.2) is 16.7 Å². The lowest BCUT2D eigenvalue weighted by molar-refractivity contribution is 0.462. The van der Waals surface area contributed by atoms with Gasteiger partial charge in [0.15, 0.2) is 0 Å². The Labute approximate surface area is 106 Å². The first kappa shape index (κ1) is 11.0. The zero-order valence-corrected chi connectivity index (χ0v) is 10.3. The van der Waals surface area contributed by atoms with Crippen molar-refractivity contribution in [2.24, 2.45) is 0 Å². The molecule has 0 radical (unpaired) electrons. The van der Waals surface area contributed by atoms with Crippen LogP contribution in [0.4, 0.5) is 5.69 Å². The Kier molecular flexibility index (Phi) is 2.84. The molecule has 0 amide bonds. The first-order valence-corrected chi connectivity index (χ1v) is 6.12. The minimum atomic E-state index is 0.617. The van der Waals surface area contributed by atoms with Gasteiger partial charge in [0.2, 0.25) is 11.8 Å². The molecule has 2 aromatic rings. The van der Waals surface area contributed by atoms with Crippen molar-refractivity contribution in [3.05, 3.63) is 47.7 Å². The van der Waals surface area contributed by atoms with Gasteiger partial charge < -0.3 is 9.32 Å². The van der Waals surface area contributed by atoms with E-state index in [-0.39, 0.29) is 0 Å². The molecule has 1 aliphatic rings. The SMILES string of the molecule is Cc1nnc(CN2CCC=Cc3ccccc32)o1. The summed E-state index contributed by atoms with van der Waals surface area (Å²) >= 11 is 0. The highest BCUT2D eigenvalue weighted by atomic mass is 16.4. The van der Waals surface area contributed by atoms with Crippen molar-refractivity contribution < 1.29 is 4.42 Å². The topological polar surface area (TPSA) is 42.2 Å². The molecule has 1 aromatic heterocycles. The van der Waals surface area contributed by atoms with Crippen LogP contribution >= 0.6 is 0 Å². The molecular weight excluding hydrogens is 226 g/mol. The van der Waals surface area contributed by atoms with Gasteiger partial charge in [-0.1, -0.05) is 30.4 Å². The summed E-state index contributed by atoms with van der Waals surface area (Å²) in [5, 5.41) is 7.94. The summed E-state index contributed by atoms with van der Waals surface area (Å²) in [6.45, 7) is 3.45. The maximum Gasteiger partial charge on any atom is 0.235 e. The van der Waals surface area contributed by atoms with E-state index < -0.39 is 0 Å². The van der Waals surface area contributed by atoms with E-state index in [1.54, 1.807) is 0 Å². The van der Waals surface area contributed by atoms with Crippen LogP contribution in [0.15, 0.2) is 34.8 Å². The molecule has 0 aliphatic carbocycles. The Morgan fingerprint density at radius 1 is 1.28 bits per heavy atom. The third-order valence-corrected chi connectivity index (χ3v) is 3.03. The smallest absolute Gasteiger partial charge is 0.235 e. The fraction of sp³-hybridized carbons (Fsp3) is 0.286. The van der Waals surface area contributed by atoms with Gasteiger partial charge in [0.05, 0.1) is 6.54 Å². The molecule has 0 N–H and O–H groups in total. The number of benzene rings is 1. The van der Waals surface area contributed by atoms with Gasteiger partial charge in [0.1, 0.15) is 0 Å². The fourth-order valence-electron chi connectivity index (χ4n) is 2.21. The van der Waals surface area contributed by atoms with E-state index in [0.717, 1.165) is 13.0 Å². The number of fused-ring (bicyclic) bond motifs is 1. The average molecular weight is 241 g/mol. The lowest BCUT2D eigenvalue weighted by Gasteiger charge is -2.22. The van der Waals surface area contributed by atoms with E-state index >= 15 is 0 Å². The molecule has 0 saturated heterocycles. The van der Waals surface area contributed by atoms with Crippen molar-refractivity contribution in [1.82, 2.24) is 10.2 Å². The second-order valence-electron chi connectivity index (χ2n) is 4.39. The first-order valence-electron chi connectivity index (χ1n) is 6.12. The van der Waals surface area contributed by atoms with Crippen molar-refractivity contribution in [3.8, 4) is 0 Å². The molecule has 2 heterocycles. The van der Waals surface area contributed by atoms with Crippen LogP contribution in [0.2, 0.25) is 0 Å². The summed E-state index contributed by atoms with van der Waals surface area (Å²) in [6, 6.07) is 8.38.